The summed E-state index contributed by atoms with van der Waals surface area (Å²) < 4.78 is 33.9. The number of hydrogen-bond acceptors (Lipinski definition) is 11. The molecule has 0 atom stereocenters. The second-order valence-corrected chi connectivity index (χ2v) is 10.9. The van der Waals surface area contributed by atoms with E-state index >= 15 is 0 Å². The molecule has 3 aromatic rings. The summed E-state index contributed by atoms with van der Waals surface area (Å²) in [6, 6.07) is 8.43. The number of aromatic nitrogens is 3. The molecule has 37 heavy (non-hydrogen) atoms. The molecule has 0 radical (unpaired) electrons. The smallest absolute Gasteiger partial charge is 0.290 e. The molecular formula is C23H23N7O5S2. The van der Waals surface area contributed by atoms with Crippen molar-refractivity contribution in [1.29, 1.82) is 0 Å². The predicted octanol–water partition coefficient (Wildman–Crippen LogP) is 1.58. The summed E-state index contributed by atoms with van der Waals surface area (Å²) in [5, 5.41) is 6.15. The van der Waals surface area contributed by atoms with Gasteiger partial charge in [0.25, 0.3) is 11.1 Å². The van der Waals surface area contributed by atoms with Crippen LogP contribution in [0.1, 0.15) is 5.69 Å². The van der Waals surface area contributed by atoms with Gasteiger partial charge in [-0.15, -0.1) is 0 Å². The quantitative estimate of drug-likeness (QED) is 0.281. The molecule has 0 aliphatic carbocycles. The van der Waals surface area contributed by atoms with E-state index in [-0.39, 0.29) is 28.8 Å². The third-order valence-electron chi connectivity index (χ3n) is 5.62. The first kappa shape index (κ1) is 25.1. The molecule has 2 aliphatic rings. The van der Waals surface area contributed by atoms with Crippen molar-refractivity contribution in [2.24, 2.45) is 0 Å². The van der Waals surface area contributed by atoms with Crippen molar-refractivity contribution in [2.75, 3.05) is 49.6 Å². The van der Waals surface area contributed by atoms with Crippen LogP contribution in [0.15, 0.2) is 52.5 Å². The van der Waals surface area contributed by atoms with Gasteiger partial charge in [0.1, 0.15) is 5.82 Å². The molecule has 4 heterocycles. The Balaban J connectivity index is 1.31. The Labute approximate surface area is 217 Å². The number of amides is 2. The van der Waals surface area contributed by atoms with Crippen molar-refractivity contribution in [2.45, 2.75) is 4.90 Å². The van der Waals surface area contributed by atoms with Crippen LogP contribution in [-0.4, -0.2) is 73.9 Å². The van der Waals surface area contributed by atoms with Crippen LogP contribution >= 0.6 is 11.8 Å². The number of carbonyl (C=O) groups excluding carboxylic acids is 2. The Morgan fingerprint density at radius 1 is 1.14 bits per heavy atom. The normalized spacial score (nSPS) is 17.4. The van der Waals surface area contributed by atoms with Crippen molar-refractivity contribution in [3.63, 3.8) is 0 Å². The van der Waals surface area contributed by atoms with Crippen LogP contribution in [0, 0.1) is 0 Å². The lowest BCUT2D eigenvalue weighted by molar-refractivity contribution is -0.115. The molecule has 3 N–H and O–H groups in total. The lowest BCUT2D eigenvalue weighted by Gasteiger charge is -2.28. The van der Waals surface area contributed by atoms with Gasteiger partial charge >= 0.3 is 0 Å². The van der Waals surface area contributed by atoms with Crippen molar-refractivity contribution in [1.82, 2.24) is 25.0 Å². The van der Waals surface area contributed by atoms with Gasteiger partial charge in [0.15, 0.2) is 0 Å². The standard InChI is InChI=1S/C23H23N7O5S2/c31-21-18(36-23(32)29-21)12-16-13-20(30-8-10-35-11-9-30)28-22(27-16)25-6-7-26-37(33,34)19-3-1-2-15-14-24-5-4-17(15)19/h1-5,12-14,26H,6-11H2,(H,25,27,28)(H,29,31,32)/b18-12-. The number of nitrogens with zero attached hydrogens (tertiary/aromatic N) is 4. The third kappa shape index (κ3) is 5.88. The first-order valence-corrected chi connectivity index (χ1v) is 13.7. The zero-order chi connectivity index (χ0) is 25.8. The molecule has 0 bridgehead atoms. The average Bonchev–Trinajstić information content (AvgIpc) is 3.22. The maximum atomic E-state index is 12.9. The second-order valence-electron chi connectivity index (χ2n) is 8.10. The number of imide groups is 1. The van der Waals surface area contributed by atoms with E-state index in [2.05, 4.69) is 30.3 Å². The van der Waals surface area contributed by atoms with Crippen molar-refractivity contribution in [3.05, 3.63) is 53.3 Å². The number of pyridine rings is 1. The second kappa shape index (κ2) is 10.8. The highest BCUT2D eigenvalue weighted by atomic mass is 32.2. The maximum Gasteiger partial charge on any atom is 0.290 e. The average molecular weight is 542 g/mol. The topological polar surface area (TPSA) is 156 Å². The molecule has 2 saturated heterocycles. The fraction of sp³-hybridized carbons (Fsp3) is 0.261. The van der Waals surface area contributed by atoms with Gasteiger partial charge in [0.2, 0.25) is 16.0 Å². The number of nitrogens with one attached hydrogen (secondary N) is 3. The minimum Gasteiger partial charge on any atom is -0.378 e. The summed E-state index contributed by atoms with van der Waals surface area (Å²) in [5.74, 6) is 0.419. The van der Waals surface area contributed by atoms with Gasteiger partial charge < -0.3 is 15.0 Å². The molecule has 0 unspecified atom stereocenters. The molecule has 2 amide bonds. The number of anilines is 2. The molecule has 0 saturated carbocycles. The van der Waals surface area contributed by atoms with E-state index in [1.165, 1.54) is 6.08 Å². The zero-order valence-electron chi connectivity index (χ0n) is 19.5. The van der Waals surface area contributed by atoms with Gasteiger partial charge in [-0.3, -0.25) is 19.9 Å². The largest absolute Gasteiger partial charge is 0.378 e. The van der Waals surface area contributed by atoms with Crippen molar-refractivity contribution >= 4 is 61.5 Å². The summed E-state index contributed by atoms with van der Waals surface area (Å²) in [6.45, 7) is 2.69. The van der Waals surface area contributed by atoms with Crippen LogP contribution in [0.3, 0.4) is 0 Å². The van der Waals surface area contributed by atoms with Crippen molar-refractivity contribution < 1.29 is 22.7 Å². The number of hydrogen-bond donors (Lipinski definition) is 3. The molecule has 12 nitrogen and oxygen atoms in total. The van der Waals surface area contributed by atoms with Gasteiger partial charge in [0.05, 0.1) is 28.7 Å². The highest BCUT2D eigenvalue weighted by Crippen LogP contribution is 2.27. The molecule has 192 valence electrons. The fourth-order valence-electron chi connectivity index (χ4n) is 3.88. The minimum atomic E-state index is -3.77. The molecule has 2 aromatic heterocycles. The zero-order valence-corrected chi connectivity index (χ0v) is 21.1. The van der Waals surface area contributed by atoms with E-state index in [0.29, 0.717) is 43.2 Å². The molecule has 2 aliphatic heterocycles. The monoisotopic (exact) mass is 541 g/mol. The number of carbonyl (C=O) groups is 2. The number of benzene rings is 1. The SMILES string of the molecule is O=C1NC(=O)/C(=C/c2cc(N3CCOCC3)nc(NCCNS(=O)(=O)c3cccc4cnccc34)n2)S1. The number of fused-ring (bicyclic) bond motifs is 1. The molecule has 5 rings (SSSR count). The number of ether oxygens (including phenoxy) is 1. The highest BCUT2D eigenvalue weighted by molar-refractivity contribution is 8.18. The van der Waals surface area contributed by atoms with E-state index in [1.54, 1.807) is 42.7 Å². The Morgan fingerprint density at radius 3 is 2.76 bits per heavy atom. The van der Waals surface area contributed by atoms with Gasteiger partial charge in [-0.25, -0.2) is 18.1 Å². The summed E-state index contributed by atoms with van der Waals surface area (Å²) in [6.07, 6.45) is 4.70. The van der Waals surface area contributed by atoms with Crippen LogP contribution in [-0.2, 0) is 19.6 Å². The van der Waals surface area contributed by atoms with Gasteiger partial charge in [-0.2, -0.15) is 4.98 Å². The molecule has 14 heteroatoms. The van der Waals surface area contributed by atoms with E-state index < -0.39 is 21.2 Å². The minimum absolute atomic E-state index is 0.0815. The molecule has 2 fully saturated rings. The van der Waals surface area contributed by atoms with Crippen LogP contribution in [0.2, 0.25) is 0 Å². The summed E-state index contributed by atoms with van der Waals surface area (Å²) in [5.41, 5.74) is 0.441. The Hall–Kier alpha value is -3.59. The third-order valence-corrected chi connectivity index (χ3v) is 7.95. The van der Waals surface area contributed by atoms with Crippen molar-refractivity contribution in [3.8, 4) is 0 Å². The molecular weight excluding hydrogens is 518 g/mol. The molecule has 0 spiro atoms. The van der Waals surface area contributed by atoms with Crippen LogP contribution in [0.5, 0.6) is 0 Å². The maximum absolute atomic E-state index is 12.9. The summed E-state index contributed by atoms with van der Waals surface area (Å²) >= 11 is 0.805. The van der Waals surface area contributed by atoms with E-state index in [0.717, 1.165) is 17.1 Å². The highest BCUT2D eigenvalue weighted by Gasteiger charge is 2.25. The lowest BCUT2D eigenvalue weighted by Crippen LogP contribution is -2.37. The van der Waals surface area contributed by atoms with Gasteiger partial charge in [0, 0.05) is 55.4 Å². The van der Waals surface area contributed by atoms with Crippen LogP contribution in [0.25, 0.3) is 16.8 Å². The predicted molar refractivity (Wildman–Crippen MR) is 140 cm³/mol. The lowest BCUT2D eigenvalue weighted by atomic mass is 10.2. The summed E-state index contributed by atoms with van der Waals surface area (Å²) in [4.78, 5) is 39.0. The fourth-order valence-corrected chi connectivity index (χ4v) is 5.81. The number of morpholine rings is 1. The van der Waals surface area contributed by atoms with Crippen LogP contribution < -0.4 is 20.3 Å². The van der Waals surface area contributed by atoms with Crippen LogP contribution in [0.4, 0.5) is 16.6 Å². The van der Waals surface area contributed by atoms with Gasteiger partial charge in [-0.1, -0.05) is 12.1 Å². The number of sulfonamides is 1. The van der Waals surface area contributed by atoms with E-state index in [1.807, 2.05) is 4.90 Å². The van der Waals surface area contributed by atoms with E-state index in [4.69, 9.17) is 4.74 Å². The Kier molecular flexibility index (Phi) is 7.32. The Bertz CT molecular complexity index is 1480. The first-order valence-electron chi connectivity index (χ1n) is 11.4. The van der Waals surface area contributed by atoms with Gasteiger partial charge in [-0.05, 0) is 30.0 Å². The number of rotatable bonds is 8. The van der Waals surface area contributed by atoms with E-state index in [9.17, 15) is 18.0 Å². The Morgan fingerprint density at radius 2 is 1.97 bits per heavy atom. The summed E-state index contributed by atoms with van der Waals surface area (Å²) in [7, 11) is -3.77. The molecule has 1 aromatic carbocycles. The number of thioether (sulfide) groups is 1. The first-order chi connectivity index (χ1) is 17.9.